The van der Waals surface area contributed by atoms with E-state index in [1.807, 2.05) is 12.1 Å². The van der Waals surface area contributed by atoms with Gasteiger partial charge in [0, 0.05) is 25.0 Å². The maximum Gasteiger partial charge on any atom is 0.185 e. The summed E-state index contributed by atoms with van der Waals surface area (Å²) in [5, 5.41) is 1.03. The lowest BCUT2D eigenvalue weighted by atomic mass is 10.2. The Labute approximate surface area is 130 Å². The lowest BCUT2D eigenvalue weighted by molar-refractivity contribution is 0.414. The molecule has 0 aliphatic rings. The molecule has 0 saturated carbocycles. The van der Waals surface area contributed by atoms with Crippen molar-refractivity contribution in [3.05, 3.63) is 40.4 Å². The van der Waals surface area contributed by atoms with E-state index in [9.17, 15) is 0 Å². The Morgan fingerprint density at radius 2 is 2.19 bits per heavy atom. The molecule has 0 amide bonds. The van der Waals surface area contributed by atoms with E-state index < -0.39 is 0 Å². The van der Waals surface area contributed by atoms with Crippen LogP contribution in [0, 0.1) is 0 Å². The summed E-state index contributed by atoms with van der Waals surface area (Å²) in [7, 11) is 3.75. The van der Waals surface area contributed by atoms with Crippen LogP contribution in [0.15, 0.2) is 24.3 Å². The fourth-order valence-electron chi connectivity index (χ4n) is 2.24. The zero-order valence-electron chi connectivity index (χ0n) is 12.9. The third-order valence-electron chi connectivity index (χ3n) is 3.32. The van der Waals surface area contributed by atoms with Crippen LogP contribution in [-0.2, 0) is 19.5 Å². The number of hydrogen-bond donors (Lipinski definition) is 1. The summed E-state index contributed by atoms with van der Waals surface area (Å²) in [5.41, 5.74) is 8.18. The molecule has 21 heavy (non-hydrogen) atoms. The highest BCUT2D eigenvalue weighted by atomic mass is 32.1. The van der Waals surface area contributed by atoms with Crippen molar-refractivity contribution in [3.8, 4) is 5.75 Å². The van der Waals surface area contributed by atoms with Gasteiger partial charge in [-0.25, -0.2) is 4.98 Å². The Kier molecular flexibility index (Phi) is 5.59. The van der Waals surface area contributed by atoms with Gasteiger partial charge in [0.05, 0.1) is 12.8 Å². The summed E-state index contributed by atoms with van der Waals surface area (Å²) in [6, 6.07) is 8.13. The molecule has 0 unspecified atom stereocenters. The molecule has 2 N–H and O–H groups in total. The number of methoxy groups -OCH3 is 1. The van der Waals surface area contributed by atoms with Gasteiger partial charge in [-0.3, -0.25) is 0 Å². The largest absolute Gasteiger partial charge is 0.497 e. The standard InChI is InChI=1S/C16H23N3OS/c1-4-6-14-15(10-17)21-16(18-14)19(2)11-12-7-5-8-13(9-12)20-3/h5,7-9H,4,6,10-11,17H2,1-3H3. The second-order valence-electron chi connectivity index (χ2n) is 5.03. The van der Waals surface area contributed by atoms with Gasteiger partial charge in [0.25, 0.3) is 0 Å². The summed E-state index contributed by atoms with van der Waals surface area (Å²) in [6.07, 6.45) is 2.09. The highest BCUT2D eigenvalue weighted by Crippen LogP contribution is 2.27. The predicted molar refractivity (Wildman–Crippen MR) is 89.1 cm³/mol. The second-order valence-corrected chi connectivity index (χ2v) is 6.09. The first kappa shape index (κ1) is 15.8. The lowest BCUT2D eigenvalue weighted by Crippen LogP contribution is -2.16. The minimum Gasteiger partial charge on any atom is -0.497 e. The van der Waals surface area contributed by atoms with E-state index in [-0.39, 0.29) is 0 Å². The summed E-state index contributed by atoms with van der Waals surface area (Å²) in [5.74, 6) is 0.884. The number of nitrogens with two attached hydrogens (primary N) is 1. The minimum atomic E-state index is 0.569. The number of aromatic nitrogens is 1. The van der Waals surface area contributed by atoms with Gasteiger partial charge < -0.3 is 15.4 Å². The van der Waals surface area contributed by atoms with Crippen LogP contribution in [0.5, 0.6) is 5.75 Å². The van der Waals surface area contributed by atoms with Crippen molar-refractivity contribution in [2.24, 2.45) is 5.73 Å². The molecule has 1 aromatic heterocycles. The normalized spacial score (nSPS) is 10.7. The smallest absolute Gasteiger partial charge is 0.185 e. The molecule has 2 rings (SSSR count). The van der Waals surface area contributed by atoms with Gasteiger partial charge in [-0.2, -0.15) is 0 Å². The molecule has 1 heterocycles. The van der Waals surface area contributed by atoms with Crippen LogP contribution in [-0.4, -0.2) is 19.1 Å². The average Bonchev–Trinajstić information content (AvgIpc) is 2.91. The Morgan fingerprint density at radius 3 is 2.86 bits per heavy atom. The minimum absolute atomic E-state index is 0.569. The van der Waals surface area contributed by atoms with Gasteiger partial charge in [-0.05, 0) is 24.1 Å². The molecule has 114 valence electrons. The first-order valence-corrected chi connectivity index (χ1v) is 8.02. The highest BCUT2D eigenvalue weighted by molar-refractivity contribution is 7.15. The topological polar surface area (TPSA) is 51.4 Å². The van der Waals surface area contributed by atoms with Crippen LogP contribution in [0.1, 0.15) is 29.5 Å². The van der Waals surface area contributed by atoms with E-state index in [1.54, 1.807) is 18.4 Å². The van der Waals surface area contributed by atoms with Crippen molar-refractivity contribution in [3.63, 3.8) is 0 Å². The van der Waals surface area contributed by atoms with Crippen molar-refractivity contribution in [2.75, 3.05) is 19.1 Å². The Balaban J connectivity index is 2.13. The van der Waals surface area contributed by atoms with Crippen LogP contribution < -0.4 is 15.4 Å². The molecule has 0 aliphatic heterocycles. The summed E-state index contributed by atoms with van der Waals surface area (Å²) < 4.78 is 5.27. The molecule has 0 fully saturated rings. The van der Waals surface area contributed by atoms with Crippen molar-refractivity contribution >= 4 is 16.5 Å². The van der Waals surface area contributed by atoms with Crippen LogP contribution >= 0.6 is 11.3 Å². The van der Waals surface area contributed by atoms with Crippen LogP contribution in [0.2, 0.25) is 0 Å². The van der Waals surface area contributed by atoms with Crippen molar-refractivity contribution in [1.29, 1.82) is 0 Å². The molecule has 0 aliphatic carbocycles. The molecule has 0 atom stereocenters. The average molecular weight is 305 g/mol. The molecule has 0 bridgehead atoms. The van der Waals surface area contributed by atoms with E-state index in [0.29, 0.717) is 6.54 Å². The first-order chi connectivity index (χ1) is 10.2. The number of benzene rings is 1. The van der Waals surface area contributed by atoms with Crippen molar-refractivity contribution < 1.29 is 4.74 Å². The number of nitrogens with zero attached hydrogens (tertiary/aromatic N) is 2. The number of hydrogen-bond acceptors (Lipinski definition) is 5. The number of aryl methyl sites for hydroxylation is 1. The van der Waals surface area contributed by atoms with Gasteiger partial charge in [-0.1, -0.05) is 25.5 Å². The number of thiazole rings is 1. The third kappa shape index (κ3) is 3.95. The molecule has 0 saturated heterocycles. The van der Waals surface area contributed by atoms with E-state index in [2.05, 4.69) is 31.0 Å². The van der Waals surface area contributed by atoms with E-state index in [1.165, 1.54) is 10.4 Å². The molecule has 1 aromatic carbocycles. The number of ether oxygens (including phenoxy) is 1. The first-order valence-electron chi connectivity index (χ1n) is 7.20. The molecule has 5 heteroatoms. The van der Waals surface area contributed by atoms with Crippen molar-refractivity contribution in [1.82, 2.24) is 4.98 Å². The maximum absolute atomic E-state index is 5.82. The molecular formula is C16H23N3OS. The summed E-state index contributed by atoms with van der Waals surface area (Å²) in [4.78, 5) is 8.11. The second kappa shape index (κ2) is 7.43. The fourth-order valence-corrected chi connectivity index (χ4v) is 3.18. The molecule has 4 nitrogen and oxygen atoms in total. The number of rotatable bonds is 7. The van der Waals surface area contributed by atoms with Crippen LogP contribution in [0.4, 0.5) is 5.13 Å². The van der Waals surface area contributed by atoms with Gasteiger partial charge in [0.2, 0.25) is 0 Å². The van der Waals surface area contributed by atoms with Gasteiger partial charge in [-0.15, -0.1) is 11.3 Å². The Bertz CT molecular complexity index is 583. The quantitative estimate of drug-likeness (QED) is 0.853. The molecule has 2 aromatic rings. The Morgan fingerprint density at radius 1 is 1.38 bits per heavy atom. The van der Waals surface area contributed by atoms with E-state index in [0.717, 1.165) is 36.0 Å². The van der Waals surface area contributed by atoms with Crippen LogP contribution in [0.3, 0.4) is 0 Å². The predicted octanol–water partition coefficient (Wildman–Crippen LogP) is 3.20. The lowest BCUT2D eigenvalue weighted by Gasteiger charge is -2.16. The summed E-state index contributed by atoms with van der Waals surface area (Å²) >= 11 is 1.70. The molecular weight excluding hydrogens is 282 g/mol. The molecule has 0 radical (unpaired) electrons. The number of anilines is 1. The zero-order valence-corrected chi connectivity index (χ0v) is 13.7. The van der Waals surface area contributed by atoms with E-state index in [4.69, 9.17) is 15.5 Å². The monoisotopic (exact) mass is 305 g/mol. The summed E-state index contributed by atoms with van der Waals surface area (Å²) in [6.45, 7) is 3.54. The fraction of sp³-hybridized carbons (Fsp3) is 0.438. The van der Waals surface area contributed by atoms with Gasteiger partial charge in [0.15, 0.2) is 5.13 Å². The maximum atomic E-state index is 5.82. The SMILES string of the molecule is CCCc1nc(N(C)Cc2cccc(OC)c2)sc1CN. The van der Waals surface area contributed by atoms with Crippen molar-refractivity contribution in [2.45, 2.75) is 32.9 Å². The zero-order chi connectivity index (χ0) is 15.2. The van der Waals surface area contributed by atoms with E-state index >= 15 is 0 Å². The van der Waals surface area contributed by atoms with Gasteiger partial charge >= 0.3 is 0 Å². The third-order valence-corrected chi connectivity index (χ3v) is 4.55. The highest BCUT2D eigenvalue weighted by Gasteiger charge is 2.13. The molecule has 0 spiro atoms. The van der Waals surface area contributed by atoms with Crippen LogP contribution in [0.25, 0.3) is 0 Å². The van der Waals surface area contributed by atoms with Gasteiger partial charge in [0.1, 0.15) is 5.75 Å². The Hall–Kier alpha value is -1.59.